The molecule has 0 aliphatic rings. The first-order valence-corrected chi connectivity index (χ1v) is 8.41. The van der Waals surface area contributed by atoms with Crippen LogP contribution in [0.15, 0.2) is 60.2 Å². The highest BCUT2D eigenvalue weighted by Gasteiger charge is 2.08. The first kappa shape index (κ1) is 18.7. The quantitative estimate of drug-likeness (QED) is 0.729. The Morgan fingerprint density at radius 3 is 2.40 bits per heavy atom. The zero-order valence-electron chi connectivity index (χ0n) is 14.3. The topological polar surface area (TPSA) is 58.2 Å². The first-order valence-electron chi connectivity index (χ1n) is 8.03. The molecule has 2 aromatic carbocycles. The van der Waals surface area contributed by atoms with E-state index in [1.165, 1.54) is 12.5 Å². The molecule has 0 bridgehead atoms. The Labute approximate surface area is 152 Å². The van der Waals surface area contributed by atoms with Crippen molar-refractivity contribution in [3.63, 3.8) is 0 Å². The summed E-state index contributed by atoms with van der Waals surface area (Å²) in [4.78, 5) is 23.5. The first-order chi connectivity index (χ1) is 11.9. The average Bonchev–Trinajstić information content (AvgIpc) is 2.56. The largest absolute Gasteiger partial charge is 0.324 e. The van der Waals surface area contributed by atoms with Gasteiger partial charge in [0.1, 0.15) is 0 Å². The van der Waals surface area contributed by atoms with Crippen molar-refractivity contribution in [1.29, 1.82) is 0 Å². The molecule has 2 aromatic rings. The van der Waals surface area contributed by atoms with E-state index < -0.39 is 0 Å². The van der Waals surface area contributed by atoms with Crippen LogP contribution < -0.4 is 10.6 Å². The Kier molecular flexibility index (Phi) is 6.78. The van der Waals surface area contributed by atoms with Gasteiger partial charge in [-0.1, -0.05) is 47.5 Å². The maximum absolute atomic E-state index is 12.2. The second kappa shape index (κ2) is 9.04. The third-order valence-corrected chi connectivity index (χ3v) is 3.81. The SMILES string of the molecule is CC(=O)Nc1cc(Cl)ccc1NC(=O)C=C(C)CCc1ccccc1. The molecule has 130 valence electrons. The molecule has 5 heteroatoms. The molecule has 0 aliphatic heterocycles. The summed E-state index contributed by atoms with van der Waals surface area (Å²) in [5, 5.41) is 5.93. The zero-order valence-corrected chi connectivity index (χ0v) is 15.1. The molecule has 2 N–H and O–H groups in total. The van der Waals surface area contributed by atoms with Crippen LogP contribution in [-0.4, -0.2) is 11.8 Å². The third-order valence-electron chi connectivity index (χ3n) is 3.58. The second-order valence-corrected chi connectivity index (χ2v) is 6.27. The summed E-state index contributed by atoms with van der Waals surface area (Å²) in [7, 11) is 0. The predicted octanol–water partition coefficient (Wildman–Crippen LogP) is 4.82. The van der Waals surface area contributed by atoms with Crippen LogP contribution in [0.4, 0.5) is 11.4 Å². The van der Waals surface area contributed by atoms with Crippen molar-refractivity contribution in [2.75, 3.05) is 10.6 Å². The molecule has 2 rings (SSSR count). The lowest BCUT2D eigenvalue weighted by molar-refractivity contribution is -0.114. The van der Waals surface area contributed by atoms with Crippen LogP contribution in [0.25, 0.3) is 0 Å². The van der Waals surface area contributed by atoms with Gasteiger partial charge in [-0.3, -0.25) is 9.59 Å². The monoisotopic (exact) mass is 356 g/mol. The number of amides is 2. The van der Waals surface area contributed by atoms with Crippen LogP contribution in [0.3, 0.4) is 0 Å². The summed E-state index contributed by atoms with van der Waals surface area (Å²) in [6.07, 6.45) is 3.26. The summed E-state index contributed by atoms with van der Waals surface area (Å²) in [6.45, 7) is 3.33. The molecule has 2 amide bonds. The van der Waals surface area contributed by atoms with Gasteiger partial charge in [0.15, 0.2) is 0 Å². The lowest BCUT2D eigenvalue weighted by Gasteiger charge is -2.11. The summed E-state index contributed by atoms with van der Waals surface area (Å²) in [5.41, 5.74) is 3.21. The number of aryl methyl sites for hydroxylation is 1. The van der Waals surface area contributed by atoms with E-state index in [1.54, 1.807) is 24.3 Å². The van der Waals surface area contributed by atoms with Crippen molar-refractivity contribution in [2.24, 2.45) is 0 Å². The average molecular weight is 357 g/mol. The summed E-state index contributed by atoms with van der Waals surface area (Å²) in [5.74, 6) is -0.466. The molecule has 0 saturated carbocycles. The van der Waals surface area contributed by atoms with Crippen molar-refractivity contribution in [2.45, 2.75) is 26.7 Å². The molecule has 4 nitrogen and oxygen atoms in total. The lowest BCUT2D eigenvalue weighted by atomic mass is 10.1. The molecule has 0 fully saturated rings. The van der Waals surface area contributed by atoms with E-state index in [-0.39, 0.29) is 11.8 Å². The molecular weight excluding hydrogens is 336 g/mol. The normalized spacial score (nSPS) is 11.1. The Bertz CT molecular complexity index is 786. The maximum atomic E-state index is 12.2. The fourth-order valence-corrected chi connectivity index (χ4v) is 2.54. The molecule has 0 unspecified atom stereocenters. The van der Waals surface area contributed by atoms with Gasteiger partial charge in [0, 0.05) is 18.0 Å². The minimum Gasteiger partial charge on any atom is -0.324 e. The van der Waals surface area contributed by atoms with Crippen molar-refractivity contribution in [3.05, 3.63) is 70.8 Å². The van der Waals surface area contributed by atoms with Gasteiger partial charge < -0.3 is 10.6 Å². The van der Waals surface area contributed by atoms with Gasteiger partial charge in [-0.25, -0.2) is 0 Å². The highest BCUT2D eigenvalue weighted by Crippen LogP contribution is 2.26. The number of halogens is 1. The van der Waals surface area contributed by atoms with Crippen molar-refractivity contribution in [3.8, 4) is 0 Å². The molecule has 0 heterocycles. The van der Waals surface area contributed by atoms with Crippen molar-refractivity contribution >= 4 is 34.8 Å². The fraction of sp³-hybridized carbons (Fsp3) is 0.200. The number of anilines is 2. The Hall–Kier alpha value is -2.59. The van der Waals surface area contributed by atoms with E-state index in [4.69, 9.17) is 11.6 Å². The summed E-state index contributed by atoms with van der Waals surface area (Å²) in [6, 6.07) is 15.1. The van der Waals surface area contributed by atoms with Gasteiger partial charge >= 0.3 is 0 Å². The van der Waals surface area contributed by atoms with Gasteiger partial charge in [-0.15, -0.1) is 0 Å². The minimum absolute atomic E-state index is 0.229. The Balaban J connectivity index is 2.00. The summed E-state index contributed by atoms with van der Waals surface area (Å²) < 4.78 is 0. The zero-order chi connectivity index (χ0) is 18.2. The van der Waals surface area contributed by atoms with E-state index in [0.29, 0.717) is 16.4 Å². The summed E-state index contributed by atoms with van der Waals surface area (Å²) >= 11 is 5.94. The molecule has 0 aromatic heterocycles. The number of allylic oxidation sites excluding steroid dienone is 1. The van der Waals surface area contributed by atoms with Crippen LogP contribution in [0.1, 0.15) is 25.8 Å². The highest BCUT2D eigenvalue weighted by molar-refractivity contribution is 6.31. The minimum atomic E-state index is -0.237. The van der Waals surface area contributed by atoms with E-state index in [0.717, 1.165) is 18.4 Å². The van der Waals surface area contributed by atoms with Gasteiger partial charge in [-0.2, -0.15) is 0 Å². The van der Waals surface area contributed by atoms with Crippen LogP contribution in [-0.2, 0) is 16.0 Å². The third kappa shape index (κ3) is 6.43. The van der Waals surface area contributed by atoms with Gasteiger partial charge in [0.25, 0.3) is 0 Å². The molecule has 0 atom stereocenters. The van der Waals surface area contributed by atoms with Crippen LogP contribution in [0, 0.1) is 0 Å². The van der Waals surface area contributed by atoms with Gasteiger partial charge in [0.2, 0.25) is 11.8 Å². The molecular formula is C20H21ClN2O2. The number of carbonyl (C=O) groups is 2. The van der Waals surface area contributed by atoms with Gasteiger partial charge in [0.05, 0.1) is 11.4 Å². The van der Waals surface area contributed by atoms with E-state index >= 15 is 0 Å². The van der Waals surface area contributed by atoms with E-state index in [2.05, 4.69) is 22.8 Å². The molecule has 0 radical (unpaired) electrons. The van der Waals surface area contributed by atoms with Crippen LogP contribution in [0.2, 0.25) is 5.02 Å². The lowest BCUT2D eigenvalue weighted by Crippen LogP contribution is -2.13. The molecule has 0 saturated heterocycles. The standard InChI is InChI=1S/C20H21ClN2O2/c1-14(8-9-16-6-4-3-5-7-16)12-20(25)23-18-11-10-17(21)13-19(18)22-15(2)24/h3-7,10-13H,8-9H2,1-2H3,(H,22,24)(H,23,25). The predicted molar refractivity (Wildman–Crippen MR) is 103 cm³/mol. The van der Waals surface area contributed by atoms with E-state index in [1.807, 2.05) is 25.1 Å². The van der Waals surface area contributed by atoms with Crippen molar-refractivity contribution < 1.29 is 9.59 Å². The van der Waals surface area contributed by atoms with Crippen LogP contribution in [0.5, 0.6) is 0 Å². The number of benzene rings is 2. The molecule has 0 spiro atoms. The highest BCUT2D eigenvalue weighted by atomic mass is 35.5. The number of hydrogen-bond acceptors (Lipinski definition) is 2. The Morgan fingerprint density at radius 1 is 1.00 bits per heavy atom. The number of hydrogen-bond donors (Lipinski definition) is 2. The Morgan fingerprint density at radius 2 is 1.72 bits per heavy atom. The maximum Gasteiger partial charge on any atom is 0.248 e. The molecule has 25 heavy (non-hydrogen) atoms. The van der Waals surface area contributed by atoms with Crippen molar-refractivity contribution in [1.82, 2.24) is 0 Å². The molecule has 0 aliphatic carbocycles. The number of rotatable bonds is 6. The second-order valence-electron chi connectivity index (χ2n) is 5.84. The van der Waals surface area contributed by atoms with Crippen LogP contribution >= 0.6 is 11.6 Å². The fourth-order valence-electron chi connectivity index (χ4n) is 2.37. The smallest absolute Gasteiger partial charge is 0.248 e. The number of carbonyl (C=O) groups excluding carboxylic acids is 2. The van der Waals surface area contributed by atoms with E-state index in [9.17, 15) is 9.59 Å². The van der Waals surface area contributed by atoms with Gasteiger partial charge in [-0.05, 0) is 43.5 Å². The number of nitrogens with one attached hydrogen (secondary N) is 2.